The molecule has 0 radical (unpaired) electrons. The topological polar surface area (TPSA) is 26.0 Å². The number of halogens is 1. The highest BCUT2D eigenvalue weighted by atomic mass is 35.5. The zero-order valence-electron chi connectivity index (χ0n) is 9.17. The van der Waals surface area contributed by atoms with Crippen LogP contribution in [0.1, 0.15) is 38.1 Å². The average Bonchev–Trinajstić information content (AvgIpc) is 2.59. The van der Waals surface area contributed by atoms with E-state index < -0.39 is 0 Å². The van der Waals surface area contributed by atoms with Crippen LogP contribution in [0.4, 0.5) is 0 Å². The first-order valence-electron chi connectivity index (χ1n) is 5.20. The first kappa shape index (κ1) is 10.5. The molecular formula is C12H14ClNO. The summed E-state index contributed by atoms with van der Waals surface area (Å²) in [5.74, 6) is 1.08. The summed E-state index contributed by atoms with van der Waals surface area (Å²) in [6, 6.07) is 3.86. The Morgan fingerprint density at radius 2 is 2.13 bits per heavy atom. The van der Waals surface area contributed by atoms with Gasteiger partial charge < -0.3 is 4.42 Å². The summed E-state index contributed by atoms with van der Waals surface area (Å²) in [5, 5.41) is 0.772. The fraction of sp³-hybridized carbons (Fsp3) is 0.417. The number of benzene rings is 1. The van der Waals surface area contributed by atoms with Gasteiger partial charge in [-0.05, 0) is 24.1 Å². The van der Waals surface area contributed by atoms with Gasteiger partial charge in [-0.25, -0.2) is 4.98 Å². The number of nitrogens with zero attached hydrogens (tertiary/aromatic N) is 1. The van der Waals surface area contributed by atoms with Gasteiger partial charge in [-0.1, -0.05) is 32.4 Å². The van der Waals surface area contributed by atoms with E-state index in [1.165, 1.54) is 0 Å². The van der Waals surface area contributed by atoms with Crippen LogP contribution in [0.2, 0.25) is 5.02 Å². The van der Waals surface area contributed by atoms with E-state index in [1.54, 1.807) is 0 Å². The number of aryl methyl sites for hydroxylation is 1. The summed E-state index contributed by atoms with van der Waals surface area (Å²) in [6.45, 7) is 6.20. The molecular weight excluding hydrogens is 210 g/mol. The molecule has 3 heteroatoms. The SMILES string of the molecule is CCc1cc2oc(C(C)C)nc2cc1Cl. The standard InChI is InChI=1S/C12H14ClNO/c1-4-8-5-11-10(6-9(8)13)14-12(15-11)7(2)3/h5-7H,4H2,1-3H3. The van der Waals surface area contributed by atoms with Crippen molar-refractivity contribution in [1.82, 2.24) is 4.98 Å². The van der Waals surface area contributed by atoms with Gasteiger partial charge in [-0.3, -0.25) is 0 Å². The summed E-state index contributed by atoms with van der Waals surface area (Å²) in [6.07, 6.45) is 0.909. The van der Waals surface area contributed by atoms with Crippen LogP contribution in [0, 0.1) is 0 Å². The molecule has 0 atom stereocenters. The third-order valence-electron chi connectivity index (χ3n) is 2.45. The second kappa shape index (κ2) is 3.86. The van der Waals surface area contributed by atoms with Crippen LogP contribution < -0.4 is 0 Å². The largest absolute Gasteiger partial charge is 0.440 e. The second-order valence-corrected chi connectivity index (χ2v) is 4.38. The van der Waals surface area contributed by atoms with Crippen molar-refractivity contribution < 1.29 is 4.42 Å². The maximum absolute atomic E-state index is 6.11. The van der Waals surface area contributed by atoms with Crippen molar-refractivity contribution in [2.24, 2.45) is 0 Å². The van der Waals surface area contributed by atoms with Crippen molar-refractivity contribution in [3.63, 3.8) is 0 Å². The molecule has 0 aliphatic rings. The summed E-state index contributed by atoms with van der Waals surface area (Å²) >= 11 is 6.11. The Hall–Kier alpha value is -1.02. The number of aromatic nitrogens is 1. The van der Waals surface area contributed by atoms with E-state index in [4.69, 9.17) is 16.0 Å². The maximum Gasteiger partial charge on any atom is 0.198 e. The fourth-order valence-electron chi connectivity index (χ4n) is 1.53. The van der Waals surface area contributed by atoms with Crippen molar-refractivity contribution >= 4 is 22.7 Å². The van der Waals surface area contributed by atoms with Crippen molar-refractivity contribution in [3.8, 4) is 0 Å². The Morgan fingerprint density at radius 1 is 1.40 bits per heavy atom. The number of hydrogen-bond donors (Lipinski definition) is 0. The minimum Gasteiger partial charge on any atom is -0.440 e. The van der Waals surface area contributed by atoms with Gasteiger partial charge in [0.05, 0.1) is 0 Å². The molecule has 0 fully saturated rings. The van der Waals surface area contributed by atoms with Gasteiger partial charge >= 0.3 is 0 Å². The van der Waals surface area contributed by atoms with E-state index in [0.29, 0.717) is 5.92 Å². The number of rotatable bonds is 2. The minimum absolute atomic E-state index is 0.307. The van der Waals surface area contributed by atoms with E-state index >= 15 is 0 Å². The van der Waals surface area contributed by atoms with Gasteiger partial charge in [0.25, 0.3) is 0 Å². The van der Waals surface area contributed by atoms with Crippen LogP contribution in [-0.2, 0) is 6.42 Å². The van der Waals surface area contributed by atoms with Gasteiger partial charge in [-0.15, -0.1) is 0 Å². The molecule has 1 heterocycles. The Balaban J connectivity index is 2.61. The highest BCUT2D eigenvalue weighted by molar-refractivity contribution is 6.32. The van der Waals surface area contributed by atoms with Gasteiger partial charge in [-0.2, -0.15) is 0 Å². The van der Waals surface area contributed by atoms with Gasteiger partial charge in [0.1, 0.15) is 5.52 Å². The summed E-state index contributed by atoms with van der Waals surface area (Å²) < 4.78 is 5.66. The molecule has 2 aromatic rings. The van der Waals surface area contributed by atoms with Crippen molar-refractivity contribution in [1.29, 1.82) is 0 Å². The van der Waals surface area contributed by atoms with E-state index in [0.717, 1.165) is 34.0 Å². The van der Waals surface area contributed by atoms with Crippen molar-refractivity contribution in [2.45, 2.75) is 33.1 Å². The molecule has 0 unspecified atom stereocenters. The lowest BCUT2D eigenvalue weighted by Gasteiger charge is -1.98. The summed E-state index contributed by atoms with van der Waals surface area (Å²) in [7, 11) is 0. The molecule has 0 bridgehead atoms. The average molecular weight is 224 g/mol. The molecule has 2 nitrogen and oxygen atoms in total. The van der Waals surface area contributed by atoms with Gasteiger partial charge in [0.2, 0.25) is 0 Å². The number of fused-ring (bicyclic) bond motifs is 1. The third-order valence-corrected chi connectivity index (χ3v) is 2.80. The van der Waals surface area contributed by atoms with Crippen LogP contribution >= 0.6 is 11.6 Å². The molecule has 1 aromatic heterocycles. The second-order valence-electron chi connectivity index (χ2n) is 3.97. The number of oxazole rings is 1. The zero-order valence-corrected chi connectivity index (χ0v) is 9.93. The molecule has 0 spiro atoms. The molecule has 80 valence electrons. The lowest BCUT2D eigenvalue weighted by atomic mass is 10.1. The minimum atomic E-state index is 0.307. The predicted octanol–water partition coefficient (Wildman–Crippen LogP) is 4.17. The van der Waals surface area contributed by atoms with Crippen LogP contribution in [0.3, 0.4) is 0 Å². The quantitative estimate of drug-likeness (QED) is 0.764. The first-order chi connectivity index (χ1) is 7.11. The smallest absolute Gasteiger partial charge is 0.198 e. The van der Waals surface area contributed by atoms with E-state index in [1.807, 2.05) is 12.1 Å². The van der Waals surface area contributed by atoms with E-state index in [2.05, 4.69) is 25.8 Å². The zero-order chi connectivity index (χ0) is 11.0. The lowest BCUT2D eigenvalue weighted by molar-refractivity contribution is 0.501. The maximum atomic E-state index is 6.11. The van der Waals surface area contributed by atoms with E-state index in [9.17, 15) is 0 Å². The Labute approximate surface area is 94.3 Å². The molecule has 1 aromatic carbocycles. The van der Waals surface area contributed by atoms with Gasteiger partial charge in [0.15, 0.2) is 11.5 Å². The lowest BCUT2D eigenvalue weighted by Crippen LogP contribution is -1.84. The molecule has 15 heavy (non-hydrogen) atoms. The van der Waals surface area contributed by atoms with Crippen LogP contribution in [0.25, 0.3) is 11.1 Å². The highest BCUT2D eigenvalue weighted by Crippen LogP contribution is 2.27. The van der Waals surface area contributed by atoms with Gasteiger partial charge in [0, 0.05) is 10.9 Å². The Morgan fingerprint density at radius 3 is 2.73 bits per heavy atom. The Kier molecular flexibility index (Phi) is 2.70. The molecule has 0 saturated carbocycles. The third kappa shape index (κ3) is 1.86. The Bertz CT molecular complexity index is 488. The predicted molar refractivity (Wildman–Crippen MR) is 62.5 cm³/mol. The monoisotopic (exact) mass is 223 g/mol. The fourth-order valence-corrected chi connectivity index (χ4v) is 1.82. The molecule has 0 amide bonds. The summed E-state index contributed by atoms with van der Waals surface area (Å²) in [4.78, 5) is 4.40. The van der Waals surface area contributed by atoms with E-state index in [-0.39, 0.29) is 0 Å². The van der Waals surface area contributed by atoms with Crippen LogP contribution in [0.5, 0.6) is 0 Å². The normalized spacial score (nSPS) is 11.5. The molecule has 2 rings (SSSR count). The summed E-state index contributed by atoms with van der Waals surface area (Å²) in [5.41, 5.74) is 2.79. The van der Waals surface area contributed by atoms with Crippen molar-refractivity contribution in [3.05, 3.63) is 28.6 Å². The number of hydrogen-bond acceptors (Lipinski definition) is 2. The van der Waals surface area contributed by atoms with Crippen LogP contribution in [0.15, 0.2) is 16.5 Å². The molecule has 0 N–H and O–H groups in total. The highest BCUT2D eigenvalue weighted by Gasteiger charge is 2.11. The molecule has 0 aliphatic carbocycles. The molecule has 0 saturated heterocycles. The molecule has 0 aliphatic heterocycles. The van der Waals surface area contributed by atoms with Crippen LogP contribution in [-0.4, -0.2) is 4.98 Å². The van der Waals surface area contributed by atoms with Crippen molar-refractivity contribution in [2.75, 3.05) is 0 Å². The first-order valence-corrected chi connectivity index (χ1v) is 5.58.